The lowest BCUT2D eigenvalue weighted by molar-refractivity contribution is 0.122. The maximum absolute atomic E-state index is 5.54. The van der Waals surface area contributed by atoms with Crippen LogP contribution >= 0.6 is 0 Å². The topological polar surface area (TPSA) is 101 Å². The lowest BCUT2D eigenvalue weighted by atomic mass is 10.3. The molecule has 34 heavy (non-hydrogen) atoms. The zero-order chi connectivity index (χ0) is 23.5. The highest BCUT2D eigenvalue weighted by Crippen LogP contribution is 2.30. The summed E-state index contributed by atoms with van der Waals surface area (Å²) in [6.45, 7) is 2.80. The zero-order valence-electron chi connectivity index (χ0n) is 19.4. The van der Waals surface area contributed by atoms with Gasteiger partial charge in [0, 0.05) is 31.5 Å². The molecule has 2 N–H and O–H groups in total. The molecular weight excluding hydrogens is 434 g/mol. The van der Waals surface area contributed by atoms with Gasteiger partial charge in [-0.3, -0.25) is 0 Å². The quantitative estimate of drug-likeness (QED) is 0.426. The predicted molar refractivity (Wildman–Crippen MR) is 132 cm³/mol. The van der Waals surface area contributed by atoms with Crippen molar-refractivity contribution in [1.29, 1.82) is 0 Å². The Hall–Kier alpha value is -4.05. The van der Waals surface area contributed by atoms with Gasteiger partial charge < -0.3 is 34.3 Å². The van der Waals surface area contributed by atoms with Crippen LogP contribution in [0.1, 0.15) is 0 Å². The van der Waals surface area contributed by atoms with Crippen LogP contribution in [-0.4, -0.2) is 67.5 Å². The van der Waals surface area contributed by atoms with Crippen molar-refractivity contribution in [2.24, 2.45) is 0 Å². The van der Waals surface area contributed by atoms with Gasteiger partial charge in [0.25, 0.3) is 0 Å². The minimum atomic E-state index is 0.476. The molecule has 10 nitrogen and oxygen atoms in total. The Kier molecular flexibility index (Phi) is 6.05. The van der Waals surface area contributed by atoms with Crippen molar-refractivity contribution >= 4 is 40.3 Å². The van der Waals surface area contributed by atoms with E-state index in [0.29, 0.717) is 30.8 Å². The van der Waals surface area contributed by atoms with Crippen molar-refractivity contribution in [2.45, 2.75) is 0 Å². The van der Waals surface area contributed by atoms with Crippen molar-refractivity contribution in [3.05, 3.63) is 48.5 Å². The molecule has 0 saturated carbocycles. The fraction of sp³-hybridized carbons (Fsp3) is 0.292. The number of methoxy groups -OCH3 is 2. The number of H-pyrrole nitrogens is 1. The summed E-state index contributed by atoms with van der Waals surface area (Å²) in [5, 5.41) is 3.29. The molecule has 0 bridgehead atoms. The van der Waals surface area contributed by atoms with Crippen LogP contribution in [0.15, 0.2) is 48.5 Å². The molecule has 10 heteroatoms. The molecule has 3 heterocycles. The second kappa shape index (κ2) is 9.44. The third-order valence-corrected chi connectivity index (χ3v) is 5.75. The van der Waals surface area contributed by atoms with Gasteiger partial charge in [-0.05, 0) is 48.5 Å². The molecule has 1 aliphatic heterocycles. The summed E-state index contributed by atoms with van der Waals surface area (Å²) in [5.41, 5.74) is 3.21. The van der Waals surface area contributed by atoms with Gasteiger partial charge in [-0.2, -0.15) is 15.0 Å². The number of rotatable bonds is 7. The number of fused-ring (bicyclic) bond motifs is 1. The van der Waals surface area contributed by atoms with Gasteiger partial charge in [0.15, 0.2) is 11.5 Å². The molecule has 4 aromatic rings. The highest BCUT2D eigenvalue weighted by atomic mass is 16.5. The van der Waals surface area contributed by atoms with Gasteiger partial charge in [-0.15, -0.1) is 0 Å². The molecule has 1 fully saturated rings. The third kappa shape index (κ3) is 4.40. The van der Waals surface area contributed by atoms with Crippen LogP contribution in [0.2, 0.25) is 0 Å². The molecule has 1 aliphatic rings. The number of benzene rings is 2. The molecule has 2 aromatic heterocycles. The summed E-state index contributed by atoms with van der Waals surface area (Å²) in [7, 11) is 5.26. The lowest BCUT2D eigenvalue weighted by Gasteiger charge is -2.28. The van der Waals surface area contributed by atoms with E-state index in [1.165, 1.54) is 0 Å². The predicted octanol–water partition coefficient (Wildman–Crippen LogP) is 3.72. The zero-order valence-corrected chi connectivity index (χ0v) is 19.4. The molecular formula is C24H27N7O3. The van der Waals surface area contributed by atoms with Gasteiger partial charge in [0.2, 0.25) is 11.9 Å². The van der Waals surface area contributed by atoms with E-state index in [2.05, 4.69) is 15.2 Å². The number of imidazole rings is 1. The van der Waals surface area contributed by atoms with E-state index >= 15 is 0 Å². The average molecular weight is 462 g/mol. The van der Waals surface area contributed by atoms with Crippen LogP contribution in [0.25, 0.3) is 11.2 Å². The number of hydrogen-bond donors (Lipinski definition) is 2. The number of aromatic nitrogens is 4. The van der Waals surface area contributed by atoms with E-state index in [1.807, 2.05) is 60.5 Å². The monoisotopic (exact) mass is 461 g/mol. The van der Waals surface area contributed by atoms with Gasteiger partial charge in [0.1, 0.15) is 17.0 Å². The summed E-state index contributed by atoms with van der Waals surface area (Å²) in [5.74, 6) is 3.53. The Morgan fingerprint density at radius 1 is 0.912 bits per heavy atom. The molecule has 0 unspecified atom stereocenters. The molecule has 0 radical (unpaired) electrons. The van der Waals surface area contributed by atoms with Crippen LogP contribution in [0.4, 0.5) is 29.1 Å². The Bertz CT molecular complexity index is 1250. The Labute approximate surface area is 197 Å². The number of aromatic amines is 1. The highest BCUT2D eigenvalue weighted by Gasteiger charge is 2.21. The van der Waals surface area contributed by atoms with E-state index < -0.39 is 0 Å². The number of morpholine rings is 1. The first-order chi connectivity index (χ1) is 16.6. The second-order valence-corrected chi connectivity index (χ2v) is 7.84. The Morgan fingerprint density at radius 2 is 1.56 bits per heavy atom. The van der Waals surface area contributed by atoms with Crippen molar-refractivity contribution in [1.82, 2.24) is 19.9 Å². The fourth-order valence-corrected chi connectivity index (χ4v) is 3.82. The number of anilines is 5. The van der Waals surface area contributed by atoms with Crippen LogP contribution in [0.3, 0.4) is 0 Å². The Morgan fingerprint density at radius 3 is 2.21 bits per heavy atom. The van der Waals surface area contributed by atoms with Crippen molar-refractivity contribution in [3.8, 4) is 11.5 Å². The molecule has 0 aliphatic carbocycles. The molecule has 2 aromatic carbocycles. The summed E-state index contributed by atoms with van der Waals surface area (Å²) >= 11 is 0. The van der Waals surface area contributed by atoms with Crippen molar-refractivity contribution in [2.75, 3.05) is 62.7 Å². The van der Waals surface area contributed by atoms with Crippen molar-refractivity contribution < 1.29 is 14.2 Å². The lowest BCUT2D eigenvalue weighted by Crippen LogP contribution is -2.37. The number of nitrogens with zero attached hydrogens (tertiary/aromatic N) is 5. The molecule has 0 amide bonds. The highest BCUT2D eigenvalue weighted by molar-refractivity contribution is 5.87. The van der Waals surface area contributed by atoms with E-state index in [9.17, 15) is 0 Å². The van der Waals surface area contributed by atoms with E-state index in [1.54, 1.807) is 14.2 Å². The minimum Gasteiger partial charge on any atom is -0.497 e. The van der Waals surface area contributed by atoms with Crippen LogP contribution in [0, 0.1) is 0 Å². The molecule has 1 saturated heterocycles. The summed E-state index contributed by atoms with van der Waals surface area (Å²) in [4.78, 5) is 21.9. The average Bonchev–Trinajstić information content (AvgIpc) is 3.33. The molecule has 176 valence electrons. The SMILES string of the molecule is COc1ccc(Nc2nc(N3CCOCC3)c3[nH]c(N(C)c4ccc(OC)cc4)nc3n2)cc1. The van der Waals surface area contributed by atoms with Gasteiger partial charge in [0.05, 0.1) is 27.4 Å². The normalized spacial score (nSPS) is 13.7. The van der Waals surface area contributed by atoms with E-state index in [0.717, 1.165) is 47.3 Å². The number of hydrogen-bond acceptors (Lipinski definition) is 9. The standard InChI is InChI=1S/C24H27N7O3/c1-30(17-6-10-19(33-3)11-7-17)24-26-20-21(28-24)27-23(25-16-4-8-18(32-2)9-5-16)29-22(20)31-12-14-34-15-13-31/h4-11H,12-15H2,1-3H3,(H2,25,26,27,28,29). The fourth-order valence-electron chi connectivity index (χ4n) is 3.82. The maximum atomic E-state index is 5.54. The number of ether oxygens (including phenoxy) is 3. The first kappa shape index (κ1) is 21.8. The smallest absolute Gasteiger partial charge is 0.231 e. The van der Waals surface area contributed by atoms with Crippen LogP contribution < -0.4 is 24.6 Å². The Balaban J connectivity index is 1.52. The molecule has 0 atom stereocenters. The first-order valence-corrected chi connectivity index (χ1v) is 11.0. The van der Waals surface area contributed by atoms with Gasteiger partial charge >= 0.3 is 0 Å². The first-order valence-electron chi connectivity index (χ1n) is 11.0. The summed E-state index contributed by atoms with van der Waals surface area (Å²) in [6.07, 6.45) is 0. The van der Waals surface area contributed by atoms with Gasteiger partial charge in [-0.1, -0.05) is 0 Å². The molecule has 5 rings (SSSR count). The van der Waals surface area contributed by atoms with Crippen LogP contribution in [0.5, 0.6) is 11.5 Å². The second-order valence-electron chi connectivity index (χ2n) is 7.84. The third-order valence-electron chi connectivity index (χ3n) is 5.75. The largest absolute Gasteiger partial charge is 0.497 e. The van der Waals surface area contributed by atoms with E-state index in [-0.39, 0.29) is 0 Å². The van der Waals surface area contributed by atoms with Gasteiger partial charge in [-0.25, -0.2) is 0 Å². The summed E-state index contributed by atoms with van der Waals surface area (Å²) in [6, 6.07) is 15.4. The summed E-state index contributed by atoms with van der Waals surface area (Å²) < 4.78 is 16.1. The van der Waals surface area contributed by atoms with Crippen LogP contribution in [-0.2, 0) is 4.74 Å². The maximum Gasteiger partial charge on any atom is 0.231 e. The van der Waals surface area contributed by atoms with Crippen molar-refractivity contribution in [3.63, 3.8) is 0 Å². The van der Waals surface area contributed by atoms with E-state index in [4.69, 9.17) is 29.2 Å². The number of nitrogens with one attached hydrogen (secondary N) is 2. The molecule has 0 spiro atoms. The minimum absolute atomic E-state index is 0.476.